The Bertz CT molecular complexity index is 887. The molecule has 1 heterocycles. The quantitative estimate of drug-likeness (QED) is 0.668. The van der Waals surface area contributed by atoms with Crippen molar-refractivity contribution in [1.82, 2.24) is 0 Å². The molecule has 27 heavy (non-hydrogen) atoms. The highest BCUT2D eigenvalue weighted by atomic mass is 32.2. The second-order valence-corrected chi connectivity index (χ2v) is 8.40. The number of thioether (sulfide) groups is 1. The van der Waals surface area contributed by atoms with E-state index in [0.717, 1.165) is 5.56 Å². The fourth-order valence-corrected chi connectivity index (χ4v) is 3.91. The monoisotopic (exact) mass is 381 g/mol. The molecule has 0 atom stereocenters. The van der Waals surface area contributed by atoms with Crippen LogP contribution < -0.4 is 9.64 Å². The molecule has 0 fully saturated rings. The minimum atomic E-state index is -0.311. The van der Waals surface area contributed by atoms with Crippen molar-refractivity contribution < 1.29 is 14.3 Å². The summed E-state index contributed by atoms with van der Waals surface area (Å²) < 4.78 is 5.84. The summed E-state index contributed by atoms with van der Waals surface area (Å²) in [5, 5.41) is 0.178. The number of hydrogen-bond acceptors (Lipinski definition) is 4. The average molecular weight is 381 g/mol. The lowest BCUT2D eigenvalue weighted by Gasteiger charge is -2.20. The van der Waals surface area contributed by atoms with Gasteiger partial charge in [0.15, 0.2) is 0 Å². The first kappa shape index (κ1) is 19.2. The SMILES string of the molecule is CC(C)Oc1ccccc1N1C(=O)C(SC(C)C)=C(c2ccccc2)C1=O. The number of carbonyl (C=O) groups excluding carboxylic acids is 2. The molecule has 0 spiro atoms. The number of amides is 2. The standard InChI is InChI=1S/C22H23NO3S/c1-14(2)26-18-13-9-8-12-17(18)23-21(24)19(16-10-6-5-7-11-16)20(22(23)25)27-15(3)4/h5-15H,1-4H3. The van der Waals surface area contributed by atoms with Gasteiger partial charge in [0.1, 0.15) is 5.75 Å². The van der Waals surface area contributed by atoms with Gasteiger partial charge >= 0.3 is 0 Å². The van der Waals surface area contributed by atoms with E-state index in [9.17, 15) is 9.59 Å². The van der Waals surface area contributed by atoms with E-state index in [1.807, 2.05) is 64.1 Å². The van der Waals surface area contributed by atoms with Crippen molar-refractivity contribution in [3.05, 3.63) is 65.1 Å². The molecule has 0 saturated carbocycles. The van der Waals surface area contributed by atoms with Gasteiger partial charge in [-0.1, -0.05) is 56.3 Å². The minimum absolute atomic E-state index is 0.0648. The van der Waals surface area contributed by atoms with E-state index >= 15 is 0 Å². The Kier molecular flexibility index (Phi) is 5.71. The van der Waals surface area contributed by atoms with E-state index < -0.39 is 0 Å². The van der Waals surface area contributed by atoms with Crippen LogP contribution in [0.1, 0.15) is 33.3 Å². The first-order chi connectivity index (χ1) is 12.9. The number of benzene rings is 2. The molecule has 4 nitrogen and oxygen atoms in total. The predicted molar refractivity (Wildman–Crippen MR) is 111 cm³/mol. The van der Waals surface area contributed by atoms with Crippen LogP contribution in [0.5, 0.6) is 5.75 Å². The smallest absolute Gasteiger partial charge is 0.272 e. The van der Waals surface area contributed by atoms with Gasteiger partial charge in [0.2, 0.25) is 0 Å². The summed E-state index contributed by atoms with van der Waals surface area (Å²) in [5.41, 5.74) is 1.69. The number of nitrogens with zero attached hydrogens (tertiary/aromatic N) is 1. The summed E-state index contributed by atoms with van der Waals surface area (Å²) in [6.45, 7) is 7.85. The molecule has 0 N–H and O–H groups in total. The molecule has 5 heteroatoms. The van der Waals surface area contributed by atoms with Gasteiger partial charge < -0.3 is 4.74 Å². The maximum absolute atomic E-state index is 13.3. The van der Waals surface area contributed by atoms with Crippen molar-refractivity contribution in [3.63, 3.8) is 0 Å². The van der Waals surface area contributed by atoms with Gasteiger partial charge in [-0.25, -0.2) is 4.90 Å². The fraction of sp³-hybridized carbons (Fsp3) is 0.273. The predicted octanol–water partition coefficient (Wildman–Crippen LogP) is 4.90. The molecular weight excluding hydrogens is 358 g/mol. The van der Waals surface area contributed by atoms with E-state index in [-0.39, 0.29) is 23.2 Å². The van der Waals surface area contributed by atoms with Crippen LogP contribution in [0.3, 0.4) is 0 Å². The van der Waals surface area contributed by atoms with Gasteiger partial charge in [-0.3, -0.25) is 9.59 Å². The number of anilines is 1. The third-order valence-electron chi connectivity index (χ3n) is 3.93. The molecule has 0 bridgehead atoms. The minimum Gasteiger partial charge on any atom is -0.489 e. The van der Waals surface area contributed by atoms with Crippen molar-refractivity contribution in [2.75, 3.05) is 4.90 Å². The Labute approximate surface area is 164 Å². The first-order valence-electron chi connectivity index (χ1n) is 9.01. The molecule has 2 aromatic carbocycles. The molecule has 2 aromatic rings. The molecule has 3 rings (SSSR count). The van der Waals surface area contributed by atoms with Gasteiger partial charge in [0.05, 0.1) is 22.3 Å². The zero-order valence-corrected chi connectivity index (χ0v) is 16.7. The molecule has 1 aliphatic heterocycles. The molecule has 0 unspecified atom stereocenters. The topological polar surface area (TPSA) is 46.6 Å². The van der Waals surface area contributed by atoms with Crippen LogP contribution in [0.25, 0.3) is 5.57 Å². The van der Waals surface area contributed by atoms with Gasteiger partial charge in [-0.15, -0.1) is 11.8 Å². The Morgan fingerprint density at radius 2 is 1.48 bits per heavy atom. The average Bonchev–Trinajstić information content (AvgIpc) is 2.85. The third-order valence-corrected chi connectivity index (χ3v) is 5.01. The van der Waals surface area contributed by atoms with Crippen LogP contribution in [0, 0.1) is 0 Å². The molecular formula is C22H23NO3S. The largest absolute Gasteiger partial charge is 0.489 e. The van der Waals surface area contributed by atoms with Crippen molar-refractivity contribution in [2.45, 2.75) is 39.0 Å². The fourth-order valence-electron chi connectivity index (χ4n) is 2.93. The summed E-state index contributed by atoms with van der Waals surface area (Å²) in [5.74, 6) is -0.0797. The van der Waals surface area contributed by atoms with Gasteiger partial charge in [-0.2, -0.15) is 0 Å². The lowest BCUT2D eigenvalue weighted by molar-refractivity contribution is -0.119. The summed E-state index contributed by atoms with van der Waals surface area (Å²) >= 11 is 1.42. The molecule has 2 amide bonds. The Hall–Kier alpha value is -2.53. The van der Waals surface area contributed by atoms with E-state index in [0.29, 0.717) is 21.9 Å². The van der Waals surface area contributed by atoms with Crippen LogP contribution in [0.15, 0.2) is 59.5 Å². The molecule has 0 saturated heterocycles. The van der Waals surface area contributed by atoms with E-state index in [1.165, 1.54) is 16.7 Å². The highest BCUT2D eigenvalue weighted by Crippen LogP contribution is 2.42. The summed E-state index contributed by atoms with van der Waals surface area (Å²) in [6.07, 6.45) is -0.0648. The lowest BCUT2D eigenvalue weighted by atomic mass is 10.1. The highest BCUT2D eigenvalue weighted by Gasteiger charge is 2.41. The van der Waals surface area contributed by atoms with E-state index in [2.05, 4.69) is 0 Å². The maximum atomic E-state index is 13.3. The van der Waals surface area contributed by atoms with Gasteiger partial charge in [0.25, 0.3) is 11.8 Å². The summed E-state index contributed by atoms with van der Waals surface area (Å²) in [4.78, 5) is 28.3. The van der Waals surface area contributed by atoms with Crippen LogP contribution in [-0.2, 0) is 9.59 Å². The van der Waals surface area contributed by atoms with Crippen molar-refractivity contribution in [3.8, 4) is 5.75 Å². The number of ether oxygens (including phenoxy) is 1. The summed E-state index contributed by atoms with van der Waals surface area (Å²) in [7, 11) is 0. The molecule has 0 aliphatic carbocycles. The van der Waals surface area contributed by atoms with Crippen LogP contribution in [-0.4, -0.2) is 23.2 Å². The third kappa shape index (κ3) is 3.93. The molecule has 0 radical (unpaired) electrons. The second kappa shape index (κ2) is 8.01. The van der Waals surface area contributed by atoms with Crippen molar-refractivity contribution in [2.24, 2.45) is 0 Å². The normalized spacial score (nSPS) is 14.7. The van der Waals surface area contributed by atoms with Crippen LogP contribution in [0.2, 0.25) is 0 Å². The summed E-state index contributed by atoms with van der Waals surface area (Å²) in [6, 6.07) is 16.5. The van der Waals surface area contributed by atoms with Gasteiger partial charge in [-0.05, 0) is 31.5 Å². The number of rotatable bonds is 6. The lowest BCUT2D eigenvalue weighted by Crippen LogP contribution is -2.32. The number of para-hydroxylation sites is 2. The van der Waals surface area contributed by atoms with Crippen molar-refractivity contribution in [1.29, 1.82) is 0 Å². The van der Waals surface area contributed by atoms with Crippen molar-refractivity contribution >= 4 is 34.8 Å². The number of carbonyl (C=O) groups is 2. The molecule has 1 aliphatic rings. The number of imide groups is 1. The zero-order chi connectivity index (χ0) is 19.6. The van der Waals surface area contributed by atoms with Crippen LogP contribution in [0.4, 0.5) is 5.69 Å². The Balaban J connectivity index is 2.10. The second-order valence-electron chi connectivity index (χ2n) is 6.82. The zero-order valence-electron chi connectivity index (χ0n) is 15.9. The Morgan fingerprint density at radius 1 is 0.852 bits per heavy atom. The molecule has 140 valence electrons. The van der Waals surface area contributed by atoms with Crippen LogP contribution >= 0.6 is 11.8 Å². The highest BCUT2D eigenvalue weighted by molar-refractivity contribution is 8.04. The van der Waals surface area contributed by atoms with Gasteiger partial charge in [0, 0.05) is 5.25 Å². The maximum Gasteiger partial charge on any atom is 0.272 e. The van der Waals surface area contributed by atoms with E-state index in [1.54, 1.807) is 18.2 Å². The molecule has 0 aromatic heterocycles. The number of hydrogen-bond donors (Lipinski definition) is 0. The Morgan fingerprint density at radius 3 is 2.11 bits per heavy atom. The van der Waals surface area contributed by atoms with E-state index in [4.69, 9.17) is 4.74 Å². The first-order valence-corrected chi connectivity index (χ1v) is 9.89.